The van der Waals surface area contributed by atoms with Crippen LogP contribution in [0.5, 0.6) is 5.88 Å². The summed E-state index contributed by atoms with van der Waals surface area (Å²) < 4.78 is 57.2. The number of rotatable bonds is 8. The molecule has 0 radical (unpaired) electrons. The summed E-state index contributed by atoms with van der Waals surface area (Å²) >= 11 is 1.52. The van der Waals surface area contributed by atoms with Crippen LogP contribution in [0.15, 0.2) is 18.3 Å². The molecule has 1 aliphatic heterocycles. The van der Waals surface area contributed by atoms with Crippen molar-refractivity contribution >= 4 is 17.2 Å². The maximum Gasteiger partial charge on any atom is 0.422 e. The van der Waals surface area contributed by atoms with Crippen LogP contribution in [0.2, 0.25) is 0 Å². The highest BCUT2D eigenvalue weighted by molar-refractivity contribution is 7.11. The Bertz CT molecular complexity index is 1020. The van der Waals surface area contributed by atoms with Gasteiger partial charge in [-0.25, -0.2) is 14.4 Å². The number of ether oxygens (including phenoxy) is 1. The molecule has 2 aliphatic rings. The second-order valence-corrected chi connectivity index (χ2v) is 11.0. The normalized spacial score (nSPS) is 21.9. The molecule has 0 saturated heterocycles. The molecule has 6 nitrogen and oxygen atoms in total. The van der Waals surface area contributed by atoms with Crippen LogP contribution >= 0.6 is 11.3 Å². The molecule has 0 spiro atoms. The molecule has 1 atom stereocenters. The molecule has 3 heterocycles. The largest absolute Gasteiger partial charge is 0.468 e. The summed E-state index contributed by atoms with van der Waals surface area (Å²) in [4.78, 5) is 23.8. The van der Waals surface area contributed by atoms with Crippen molar-refractivity contribution in [1.82, 2.24) is 20.2 Å². The van der Waals surface area contributed by atoms with Crippen molar-refractivity contribution in [3.8, 4) is 5.88 Å². The Hall–Kier alpha value is -2.27. The Labute approximate surface area is 212 Å². The van der Waals surface area contributed by atoms with E-state index in [4.69, 9.17) is 4.74 Å². The summed E-state index contributed by atoms with van der Waals surface area (Å²) in [6.45, 7) is 2.16. The molecule has 4 rings (SSSR count). The first-order chi connectivity index (χ1) is 17.1. The van der Waals surface area contributed by atoms with E-state index in [1.54, 1.807) is 12.3 Å². The quantitative estimate of drug-likeness (QED) is 0.513. The van der Waals surface area contributed by atoms with Gasteiger partial charge in [-0.1, -0.05) is 6.07 Å². The molecule has 198 valence electrons. The molecule has 1 saturated carbocycles. The number of nitrogens with zero attached hydrogens (tertiary/aromatic N) is 3. The first-order valence-corrected chi connectivity index (χ1v) is 13.2. The number of hydrogen-bond donors (Lipinski definition) is 1. The number of pyridine rings is 1. The highest BCUT2D eigenvalue weighted by Gasteiger charge is 2.31. The molecule has 1 amide bonds. The third-order valence-corrected chi connectivity index (χ3v) is 7.79. The average Bonchev–Trinajstić information content (AvgIpc) is 3.12. The zero-order valence-electron chi connectivity index (χ0n) is 20.3. The molecule has 36 heavy (non-hydrogen) atoms. The lowest BCUT2D eigenvalue weighted by atomic mass is 9.83. The Morgan fingerprint density at radius 1 is 1.22 bits per heavy atom. The van der Waals surface area contributed by atoms with E-state index in [0.29, 0.717) is 38.9 Å². The minimum Gasteiger partial charge on any atom is -0.468 e. The van der Waals surface area contributed by atoms with Crippen molar-refractivity contribution in [3.05, 3.63) is 39.5 Å². The van der Waals surface area contributed by atoms with Gasteiger partial charge in [-0.05, 0) is 50.5 Å². The van der Waals surface area contributed by atoms with Gasteiger partial charge in [-0.15, -0.1) is 11.3 Å². The molecule has 1 N–H and O–H groups in total. The van der Waals surface area contributed by atoms with Crippen LogP contribution in [0.3, 0.4) is 0 Å². The van der Waals surface area contributed by atoms with E-state index in [0.717, 1.165) is 46.8 Å². The minimum atomic E-state index is -4.41. The number of amides is 1. The van der Waals surface area contributed by atoms with Crippen LogP contribution in [0.1, 0.15) is 46.8 Å². The number of thiazole rings is 1. The van der Waals surface area contributed by atoms with Gasteiger partial charge in [0.2, 0.25) is 11.8 Å². The van der Waals surface area contributed by atoms with Gasteiger partial charge in [0.05, 0.1) is 11.4 Å². The van der Waals surface area contributed by atoms with Crippen molar-refractivity contribution < 1.29 is 27.1 Å². The zero-order valence-corrected chi connectivity index (χ0v) is 21.1. The van der Waals surface area contributed by atoms with Crippen molar-refractivity contribution in [3.63, 3.8) is 0 Å². The maximum absolute atomic E-state index is 15.2. The molecule has 11 heteroatoms. The van der Waals surface area contributed by atoms with E-state index in [9.17, 15) is 18.0 Å². The summed E-state index contributed by atoms with van der Waals surface area (Å²) in [7, 11) is 0. The number of halogens is 4. The Morgan fingerprint density at radius 3 is 2.67 bits per heavy atom. The van der Waals surface area contributed by atoms with Gasteiger partial charge in [0.15, 0.2) is 6.61 Å². The first kappa shape index (κ1) is 26.8. The van der Waals surface area contributed by atoms with Crippen molar-refractivity contribution in [2.24, 2.45) is 5.92 Å². The molecule has 0 aromatic carbocycles. The zero-order chi connectivity index (χ0) is 25.7. The molecule has 2 aromatic heterocycles. The number of nitrogens with one attached hydrogen (secondary N) is 1. The molecule has 0 bridgehead atoms. The van der Waals surface area contributed by atoms with Gasteiger partial charge in [-0.2, -0.15) is 13.2 Å². The Morgan fingerprint density at radius 2 is 1.97 bits per heavy atom. The fraction of sp³-hybridized carbons (Fsp3) is 0.640. The Kier molecular flexibility index (Phi) is 8.82. The smallest absolute Gasteiger partial charge is 0.422 e. The third kappa shape index (κ3) is 7.86. The minimum absolute atomic E-state index is 0.0106. The van der Waals surface area contributed by atoms with Crippen LogP contribution in [0.4, 0.5) is 17.6 Å². The van der Waals surface area contributed by atoms with Crippen LogP contribution < -0.4 is 10.1 Å². The van der Waals surface area contributed by atoms with Gasteiger partial charge < -0.3 is 10.1 Å². The number of aryl methyl sites for hydroxylation is 1. The Balaban J connectivity index is 1.19. The van der Waals surface area contributed by atoms with Gasteiger partial charge in [0.25, 0.3) is 0 Å². The first-order valence-electron chi connectivity index (χ1n) is 12.4. The summed E-state index contributed by atoms with van der Waals surface area (Å²) in [5, 5.41) is 4.03. The van der Waals surface area contributed by atoms with Crippen molar-refractivity contribution in [2.75, 3.05) is 26.2 Å². The fourth-order valence-electron chi connectivity index (χ4n) is 4.97. The van der Waals surface area contributed by atoms with Gasteiger partial charge in [0, 0.05) is 54.9 Å². The van der Waals surface area contributed by atoms with E-state index in [1.165, 1.54) is 17.4 Å². The average molecular weight is 529 g/mol. The lowest BCUT2D eigenvalue weighted by Crippen LogP contribution is -2.41. The summed E-state index contributed by atoms with van der Waals surface area (Å²) in [5.41, 5.74) is 1.69. The lowest BCUT2D eigenvalue weighted by molar-refractivity contribution is -0.154. The van der Waals surface area contributed by atoms with Gasteiger partial charge in [-0.3, -0.25) is 9.69 Å². The molecule has 1 aliphatic carbocycles. The number of carbonyl (C=O) groups excluding carboxylic acids is 1. The highest BCUT2D eigenvalue weighted by Crippen LogP contribution is 2.30. The van der Waals surface area contributed by atoms with Gasteiger partial charge in [0.1, 0.15) is 6.17 Å². The predicted octanol–water partition coefficient (Wildman–Crippen LogP) is 4.44. The monoisotopic (exact) mass is 528 g/mol. The summed E-state index contributed by atoms with van der Waals surface area (Å²) in [6.07, 6.45) is 0.943. The SMILES string of the molecule is Cc1ncc(CC(=O)NC2CCC(C(F)CN3CCc4ccc(OCC(F)(F)F)nc4CC3)CC2)s1. The van der Waals surface area contributed by atoms with Crippen molar-refractivity contribution in [1.29, 1.82) is 0 Å². The number of fused-ring (bicyclic) bond motifs is 1. The van der Waals surface area contributed by atoms with Crippen LogP contribution in [0, 0.1) is 12.8 Å². The van der Waals surface area contributed by atoms with E-state index >= 15 is 4.39 Å². The second-order valence-electron chi connectivity index (χ2n) is 9.68. The van der Waals surface area contributed by atoms with E-state index in [2.05, 4.69) is 20.2 Å². The molecule has 1 fully saturated rings. The van der Waals surface area contributed by atoms with Crippen molar-refractivity contribution in [2.45, 2.75) is 70.3 Å². The van der Waals surface area contributed by atoms with Crippen LogP contribution in [-0.4, -0.2) is 65.4 Å². The van der Waals surface area contributed by atoms with E-state index in [1.807, 2.05) is 6.92 Å². The number of carbonyl (C=O) groups is 1. The maximum atomic E-state index is 15.2. The van der Waals surface area contributed by atoms with Crippen LogP contribution in [0.25, 0.3) is 0 Å². The topological polar surface area (TPSA) is 67.4 Å². The highest BCUT2D eigenvalue weighted by atomic mass is 32.1. The van der Waals surface area contributed by atoms with E-state index in [-0.39, 0.29) is 23.7 Å². The number of aromatic nitrogens is 2. The predicted molar refractivity (Wildman–Crippen MR) is 129 cm³/mol. The lowest BCUT2D eigenvalue weighted by Gasteiger charge is -2.33. The summed E-state index contributed by atoms with van der Waals surface area (Å²) in [6, 6.07) is 3.31. The van der Waals surface area contributed by atoms with Gasteiger partial charge >= 0.3 is 6.18 Å². The second kappa shape index (κ2) is 11.9. The van der Waals surface area contributed by atoms with E-state index < -0.39 is 19.0 Å². The molecule has 1 unspecified atom stereocenters. The fourth-order valence-corrected chi connectivity index (χ4v) is 5.77. The third-order valence-electron chi connectivity index (χ3n) is 6.87. The van der Waals surface area contributed by atoms with Crippen LogP contribution in [-0.2, 0) is 24.1 Å². The molecule has 2 aromatic rings. The number of hydrogen-bond acceptors (Lipinski definition) is 6. The molecular weight excluding hydrogens is 496 g/mol. The summed E-state index contributed by atoms with van der Waals surface area (Å²) in [5.74, 6) is -0.0778. The number of alkyl halides is 4. The standard InChI is InChI=1S/C25H32F4N4O2S/c1-16-30-13-20(36-16)12-23(34)31-19-5-2-17(3-6-19)21(26)14-33-10-8-18-4-7-24(32-22(18)9-11-33)35-15-25(27,28)29/h4,7,13,17,19,21H,2-3,5-6,8-12,14-15H2,1H3,(H,31,34). The molecular formula is C25H32F4N4O2S.